The van der Waals surface area contributed by atoms with E-state index < -0.39 is 23.2 Å². The molecule has 2 aromatic carbocycles. The first kappa shape index (κ1) is 15.4. The maximum Gasteiger partial charge on any atom is 0.343 e. The third-order valence-corrected chi connectivity index (χ3v) is 2.84. The van der Waals surface area contributed by atoms with Crippen LogP contribution >= 0.6 is 0 Å². The smallest absolute Gasteiger partial charge is 0.343 e. The van der Waals surface area contributed by atoms with Crippen molar-refractivity contribution in [1.82, 2.24) is 0 Å². The molecule has 22 heavy (non-hydrogen) atoms. The van der Waals surface area contributed by atoms with Crippen LogP contribution in [-0.4, -0.2) is 5.97 Å². The van der Waals surface area contributed by atoms with E-state index in [1.165, 1.54) is 6.07 Å². The van der Waals surface area contributed by atoms with Gasteiger partial charge in [0.25, 0.3) is 0 Å². The SMILES string of the molecule is C/C=C/c1ccc(OC(=O)c2cc(F)c(C#N)c(F)c2)cc1. The molecule has 0 saturated heterocycles. The van der Waals surface area contributed by atoms with Gasteiger partial charge in [-0.25, -0.2) is 13.6 Å². The summed E-state index contributed by atoms with van der Waals surface area (Å²) in [6.45, 7) is 1.88. The Morgan fingerprint density at radius 3 is 2.27 bits per heavy atom. The van der Waals surface area contributed by atoms with E-state index in [2.05, 4.69) is 0 Å². The van der Waals surface area contributed by atoms with Crippen LogP contribution in [0.4, 0.5) is 8.78 Å². The van der Waals surface area contributed by atoms with Crippen LogP contribution in [-0.2, 0) is 0 Å². The lowest BCUT2D eigenvalue weighted by Crippen LogP contribution is -2.10. The van der Waals surface area contributed by atoms with Gasteiger partial charge in [-0.2, -0.15) is 5.26 Å². The number of esters is 1. The summed E-state index contributed by atoms with van der Waals surface area (Å²) in [5, 5.41) is 8.58. The largest absolute Gasteiger partial charge is 0.423 e. The summed E-state index contributed by atoms with van der Waals surface area (Å²) in [5.74, 6) is -2.85. The van der Waals surface area contributed by atoms with Gasteiger partial charge in [0.05, 0.1) is 5.56 Å². The molecule has 0 aliphatic rings. The highest BCUT2D eigenvalue weighted by atomic mass is 19.1. The van der Waals surface area contributed by atoms with E-state index in [1.807, 2.05) is 19.1 Å². The van der Waals surface area contributed by atoms with Crippen molar-refractivity contribution in [2.24, 2.45) is 0 Å². The molecule has 0 aromatic heterocycles. The number of halogens is 2. The monoisotopic (exact) mass is 299 g/mol. The molecule has 3 nitrogen and oxygen atoms in total. The number of carbonyl (C=O) groups is 1. The van der Waals surface area contributed by atoms with Gasteiger partial charge < -0.3 is 4.74 Å². The number of nitriles is 1. The summed E-state index contributed by atoms with van der Waals surface area (Å²) in [6, 6.07) is 9.56. The molecule has 0 radical (unpaired) electrons. The van der Waals surface area contributed by atoms with Gasteiger partial charge in [-0.3, -0.25) is 0 Å². The molecule has 2 aromatic rings. The lowest BCUT2D eigenvalue weighted by atomic mass is 10.1. The Balaban J connectivity index is 2.21. The molecule has 5 heteroatoms. The topological polar surface area (TPSA) is 50.1 Å². The number of ether oxygens (including phenoxy) is 1. The summed E-state index contributed by atoms with van der Waals surface area (Å²) in [5.41, 5.74) is -0.100. The number of hydrogen-bond acceptors (Lipinski definition) is 3. The number of nitrogens with zero attached hydrogens (tertiary/aromatic N) is 1. The summed E-state index contributed by atoms with van der Waals surface area (Å²) in [4.78, 5) is 11.9. The van der Waals surface area contributed by atoms with Crippen LogP contribution in [0.3, 0.4) is 0 Å². The molecule has 2 rings (SSSR count). The third kappa shape index (κ3) is 3.36. The number of rotatable bonds is 3. The van der Waals surface area contributed by atoms with E-state index in [0.717, 1.165) is 17.7 Å². The minimum Gasteiger partial charge on any atom is -0.423 e. The highest BCUT2D eigenvalue weighted by molar-refractivity contribution is 5.91. The molecule has 0 spiro atoms. The van der Waals surface area contributed by atoms with Crippen molar-refractivity contribution in [3.05, 3.63) is 70.8 Å². The van der Waals surface area contributed by atoms with Gasteiger partial charge in [0.1, 0.15) is 29.0 Å². The number of hydrogen-bond donors (Lipinski definition) is 0. The molecule has 0 heterocycles. The van der Waals surface area contributed by atoms with Crippen LogP contribution in [0.1, 0.15) is 28.4 Å². The second kappa shape index (κ2) is 6.64. The second-order valence-corrected chi connectivity index (χ2v) is 4.39. The molecule has 0 unspecified atom stereocenters. The van der Waals surface area contributed by atoms with E-state index in [1.54, 1.807) is 24.3 Å². The average molecular weight is 299 g/mol. The highest BCUT2D eigenvalue weighted by Crippen LogP contribution is 2.18. The normalized spacial score (nSPS) is 10.5. The van der Waals surface area contributed by atoms with Gasteiger partial charge in [-0.15, -0.1) is 0 Å². The van der Waals surface area contributed by atoms with Gasteiger partial charge in [-0.1, -0.05) is 24.3 Å². The number of allylic oxidation sites excluding steroid dienone is 1. The first-order valence-corrected chi connectivity index (χ1v) is 6.39. The van der Waals surface area contributed by atoms with Gasteiger partial charge in [0, 0.05) is 0 Å². The maximum absolute atomic E-state index is 13.5. The minimum absolute atomic E-state index is 0.253. The summed E-state index contributed by atoms with van der Waals surface area (Å²) < 4.78 is 32.0. The molecule has 0 aliphatic heterocycles. The predicted octanol–water partition coefficient (Wildman–Crippen LogP) is 4.09. The van der Waals surface area contributed by atoms with Crippen molar-refractivity contribution >= 4 is 12.0 Å². The van der Waals surface area contributed by atoms with E-state index in [0.29, 0.717) is 0 Å². The van der Waals surface area contributed by atoms with E-state index in [9.17, 15) is 13.6 Å². The Bertz CT molecular complexity index is 751. The zero-order valence-electron chi connectivity index (χ0n) is 11.6. The van der Waals surface area contributed by atoms with E-state index in [4.69, 9.17) is 10.00 Å². The molecule has 0 aliphatic carbocycles. The summed E-state index contributed by atoms with van der Waals surface area (Å²) >= 11 is 0. The fraction of sp³-hybridized carbons (Fsp3) is 0.0588. The van der Waals surface area contributed by atoms with Crippen LogP contribution in [0.2, 0.25) is 0 Å². The number of benzene rings is 2. The van der Waals surface area contributed by atoms with Crippen LogP contribution in [0.5, 0.6) is 5.75 Å². The Hall–Kier alpha value is -3.00. The van der Waals surface area contributed by atoms with E-state index in [-0.39, 0.29) is 11.3 Å². The van der Waals surface area contributed by atoms with Gasteiger partial charge in [0.15, 0.2) is 0 Å². The maximum atomic E-state index is 13.5. The standard InChI is InChI=1S/C17H11F2NO2/c1-2-3-11-4-6-13(7-5-11)22-17(21)12-8-15(18)14(10-20)16(19)9-12/h2-9H,1H3/b3-2+. The lowest BCUT2D eigenvalue weighted by Gasteiger charge is -2.06. The molecule has 0 atom stereocenters. The molecule has 0 saturated carbocycles. The van der Waals surface area contributed by atoms with Crippen molar-refractivity contribution in [2.45, 2.75) is 6.92 Å². The molecule has 0 bridgehead atoms. The van der Waals surface area contributed by atoms with Crippen molar-refractivity contribution in [1.29, 1.82) is 5.26 Å². The first-order chi connectivity index (χ1) is 10.5. The van der Waals surface area contributed by atoms with Crippen LogP contribution in [0, 0.1) is 23.0 Å². The second-order valence-electron chi connectivity index (χ2n) is 4.39. The minimum atomic E-state index is -1.10. The first-order valence-electron chi connectivity index (χ1n) is 6.39. The molecule has 0 amide bonds. The number of carbonyl (C=O) groups excluding carboxylic acids is 1. The fourth-order valence-corrected chi connectivity index (χ4v) is 1.80. The molecule has 110 valence electrons. The Morgan fingerprint density at radius 2 is 1.77 bits per heavy atom. The summed E-state index contributed by atoms with van der Waals surface area (Å²) in [7, 11) is 0. The van der Waals surface area contributed by atoms with Crippen molar-refractivity contribution < 1.29 is 18.3 Å². The van der Waals surface area contributed by atoms with Gasteiger partial charge in [-0.05, 0) is 36.8 Å². The third-order valence-electron chi connectivity index (χ3n) is 2.84. The van der Waals surface area contributed by atoms with Crippen LogP contribution in [0.15, 0.2) is 42.5 Å². The zero-order chi connectivity index (χ0) is 16.1. The van der Waals surface area contributed by atoms with Crippen molar-refractivity contribution in [3.63, 3.8) is 0 Å². The Kier molecular flexibility index (Phi) is 4.64. The Morgan fingerprint density at radius 1 is 1.18 bits per heavy atom. The van der Waals surface area contributed by atoms with Crippen molar-refractivity contribution in [3.8, 4) is 11.8 Å². The molecule has 0 N–H and O–H groups in total. The fourth-order valence-electron chi connectivity index (χ4n) is 1.80. The van der Waals surface area contributed by atoms with Crippen molar-refractivity contribution in [2.75, 3.05) is 0 Å². The summed E-state index contributed by atoms with van der Waals surface area (Å²) in [6.07, 6.45) is 3.74. The zero-order valence-corrected chi connectivity index (χ0v) is 11.6. The lowest BCUT2D eigenvalue weighted by molar-refractivity contribution is 0.0733. The highest BCUT2D eigenvalue weighted by Gasteiger charge is 2.16. The van der Waals surface area contributed by atoms with Crippen LogP contribution < -0.4 is 4.74 Å². The van der Waals surface area contributed by atoms with Gasteiger partial charge >= 0.3 is 5.97 Å². The van der Waals surface area contributed by atoms with Gasteiger partial charge in [0.2, 0.25) is 0 Å². The van der Waals surface area contributed by atoms with Crippen LogP contribution in [0.25, 0.3) is 6.08 Å². The quantitative estimate of drug-likeness (QED) is 0.633. The van der Waals surface area contributed by atoms with E-state index >= 15 is 0 Å². The molecule has 0 fully saturated rings. The average Bonchev–Trinajstić information content (AvgIpc) is 2.49. The Labute approximate surface area is 126 Å². The molecular formula is C17H11F2NO2. The molecular weight excluding hydrogens is 288 g/mol. The predicted molar refractivity (Wildman–Crippen MR) is 77.2 cm³/mol.